The second-order valence-corrected chi connectivity index (χ2v) is 4.63. The summed E-state index contributed by atoms with van der Waals surface area (Å²) in [6.07, 6.45) is 1.10. The standard InChI is InChI=1S/C15H20N2O/c1-4-12(2)13-5-7-14(8-6-13)17(3)11-15(18)9-10-16/h5-8,12H,4,9,11H2,1-3H3. The Morgan fingerprint density at radius 1 is 1.39 bits per heavy atom. The molecule has 0 N–H and O–H groups in total. The van der Waals surface area contributed by atoms with Gasteiger partial charge in [-0.05, 0) is 30.0 Å². The maximum absolute atomic E-state index is 11.4. The molecule has 0 aliphatic carbocycles. The molecule has 0 aromatic heterocycles. The van der Waals surface area contributed by atoms with Crippen LogP contribution in [0.5, 0.6) is 0 Å². The van der Waals surface area contributed by atoms with Gasteiger partial charge in [0.15, 0.2) is 5.78 Å². The van der Waals surface area contributed by atoms with Gasteiger partial charge in [0.1, 0.15) is 0 Å². The molecular formula is C15H20N2O. The Kier molecular flexibility index (Phi) is 5.38. The number of carbonyl (C=O) groups is 1. The van der Waals surface area contributed by atoms with Gasteiger partial charge < -0.3 is 4.90 Å². The first-order valence-corrected chi connectivity index (χ1v) is 6.28. The third kappa shape index (κ3) is 3.89. The summed E-state index contributed by atoms with van der Waals surface area (Å²) >= 11 is 0. The molecule has 1 aromatic carbocycles. The van der Waals surface area contributed by atoms with Crippen molar-refractivity contribution in [2.24, 2.45) is 0 Å². The van der Waals surface area contributed by atoms with Crippen LogP contribution in [0.25, 0.3) is 0 Å². The number of anilines is 1. The SMILES string of the molecule is CCC(C)c1ccc(N(C)CC(=O)CC#N)cc1. The van der Waals surface area contributed by atoms with E-state index in [2.05, 4.69) is 26.0 Å². The highest BCUT2D eigenvalue weighted by Gasteiger charge is 2.08. The molecule has 0 aliphatic rings. The molecule has 0 heterocycles. The minimum atomic E-state index is -0.0500. The van der Waals surface area contributed by atoms with E-state index in [0.717, 1.165) is 12.1 Å². The fourth-order valence-electron chi connectivity index (χ4n) is 1.79. The van der Waals surface area contributed by atoms with Gasteiger partial charge in [0, 0.05) is 12.7 Å². The lowest BCUT2D eigenvalue weighted by Gasteiger charge is -2.19. The number of ketones is 1. The Morgan fingerprint density at radius 3 is 2.50 bits per heavy atom. The number of nitriles is 1. The Bertz CT molecular complexity index is 431. The summed E-state index contributed by atoms with van der Waals surface area (Å²) in [5.41, 5.74) is 2.33. The second kappa shape index (κ2) is 6.80. The summed E-state index contributed by atoms with van der Waals surface area (Å²) in [5, 5.41) is 8.46. The second-order valence-electron chi connectivity index (χ2n) is 4.63. The minimum Gasteiger partial charge on any atom is -0.367 e. The van der Waals surface area contributed by atoms with Crippen LogP contribution in [0.3, 0.4) is 0 Å². The van der Waals surface area contributed by atoms with E-state index in [4.69, 9.17) is 5.26 Å². The number of carbonyl (C=O) groups excluding carboxylic acids is 1. The summed E-state index contributed by atoms with van der Waals surface area (Å²) < 4.78 is 0. The molecular weight excluding hydrogens is 224 g/mol. The van der Waals surface area contributed by atoms with E-state index in [1.165, 1.54) is 5.56 Å². The van der Waals surface area contributed by atoms with E-state index in [-0.39, 0.29) is 18.7 Å². The van der Waals surface area contributed by atoms with Gasteiger partial charge in [-0.25, -0.2) is 0 Å². The average molecular weight is 244 g/mol. The van der Waals surface area contributed by atoms with Crippen LogP contribution in [0.2, 0.25) is 0 Å². The summed E-state index contributed by atoms with van der Waals surface area (Å²) in [6.45, 7) is 4.66. The summed E-state index contributed by atoms with van der Waals surface area (Å²) in [7, 11) is 1.87. The Morgan fingerprint density at radius 2 is 2.00 bits per heavy atom. The smallest absolute Gasteiger partial charge is 0.166 e. The van der Waals surface area contributed by atoms with Gasteiger partial charge in [-0.1, -0.05) is 26.0 Å². The van der Waals surface area contributed by atoms with Crippen LogP contribution >= 0.6 is 0 Å². The van der Waals surface area contributed by atoms with Gasteiger partial charge >= 0.3 is 0 Å². The van der Waals surface area contributed by atoms with E-state index < -0.39 is 0 Å². The molecule has 18 heavy (non-hydrogen) atoms. The van der Waals surface area contributed by atoms with E-state index in [0.29, 0.717) is 5.92 Å². The number of likely N-dealkylation sites (N-methyl/N-ethyl adjacent to an activating group) is 1. The Hall–Kier alpha value is -1.82. The molecule has 0 fully saturated rings. The first-order chi connectivity index (χ1) is 8.58. The highest BCUT2D eigenvalue weighted by Crippen LogP contribution is 2.21. The van der Waals surface area contributed by atoms with Crippen LogP contribution in [-0.2, 0) is 4.79 Å². The zero-order valence-corrected chi connectivity index (χ0v) is 11.3. The van der Waals surface area contributed by atoms with E-state index in [9.17, 15) is 4.79 Å². The predicted molar refractivity (Wildman–Crippen MR) is 73.7 cm³/mol. The minimum absolute atomic E-state index is 0.0186. The fourth-order valence-corrected chi connectivity index (χ4v) is 1.79. The number of nitrogens with zero attached hydrogens (tertiary/aromatic N) is 2. The first-order valence-electron chi connectivity index (χ1n) is 6.28. The number of hydrogen-bond acceptors (Lipinski definition) is 3. The van der Waals surface area contributed by atoms with E-state index in [1.54, 1.807) is 0 Å². The topological polar surface area (TPSA) is 44.1 Å². The van der Waals surface area contributed by atoms with Crippen LogP contribution in [0.1, 0.15) is 38.2 Å². The summed E-state index contributed by atoms with van der Waals surface area (Å²) in [6, 6.07) is 10.1. The van der Waals surface area contributed by atoms with Crippen molar-refractivity contribution in [1.29, 1.82) is 5.26 Å². The van der Waals surface area contributed by atoms with Gasteiger partial charge in [-0.2, -0.15) is 5.26 Å². The molecule has 0 bridgehead atoms. The van der Waals surface area contributed by atoms with Crippen LogP contribution in [0.4, 0.5) is 5.69 Å². The maximum Gasteiger partial charge on any atom is 0.166 e. The van der Waals surface area contributed by atoms with Crippen molar-refractivity contribution >= 4 is 11.5 Å². The van der Waals surface area contributed by atoms with Gasteiger partial charge in [-0.3, -0.25) is 4.79 Å². The van der Waals surface area contributed by atoms with Crippen LogP contribution in [-0.4, -0.2) is 19.4 Å². The van der Waals surface area contributed by atoms with Crippen molar-refractivity contribution in [3.05, 3.63) is 29.8 Å². The van der Waals surface area contributed by atoms with Crippen molar-refractivity contribution < 1.29 is 4.79 Å². The molecule has 0 amide bonds. The molecule has 0 spiro atoms. The van der Waals surface area contributed by atoms with Crippen molar-refractivity contribution in [3.63, 3.8) is 0 Å². The van der Waals surface area contributed by atoms with Crippen molar-refractivity contribution in [3.8, 4) is 6.07 Å². The molecule has 96 valence electrons. The number of rotatable bonds is 6. The largest absolute Gasteiger partial charge is 0.367 e. The zero-order chi connectivity index (χ0) is 13.5. The zero-order valence-electron chi connectivity index (χ0n) is 11.3. The lowest BCUT2D eigenvalue weighted by molar-refractivity contribution is -0.116. The molecule has 1 unspecified atom stereocenters. The third-order valence-electron chi connectivity index (χ3n) is 3.21. The van der Waals surface area contributed by atoms with Crippen LogP contribution in [0, 0.1) is 11.3 Å². The molecule has 1 rings (SSSR count). The average Bonchev–Trinajstić information content (AvgIpc) is 2.38. The molecule has 3 nitrogen and oxygen atoms in total. The molecule has 3 heteroatoms. The predicted octanol–water partition coefficient (Wildman–Crippen LogP) is 3.12. The quantitative estimate of drug-likeness (QED) is 0.772. The molecule has 0 radical (unpaired) electrons. The highest BCUT2D eigenvalue weighted by atomic mass is 16.1. The van der Waals surface area contributed by atoms with Gasteiger partial charge in [0.2, 0.25) is 0 Å². The molecule has 1 atom stereocenters. The van der Waals surface area contributed by atoms with Crippen LogP contribution < -0.4 is 4.90 Å². The van der Waals surface area contributed by atoms with Gasteiger partial charge in [0.25, 0.3) is 0 Å². The molecule has 0 aliphatic heterocycles. The van der Waals surface area contributed by atoms with Gasteiger partial charge in [0.05, 0.1) is 19.0 Å². The third-order valence-corrected chi connectivity index (χ3v) is 3.21. The van der Waals surface area contributed by atoms with Crippen molar-refractivity contribution in [2.75, 3.05) is 18.5 Å². The normalized spacial score (nSPS) is 11.7. The Labute approximate surface area is 109 Å². The number of hydrogen-bond donors (Lipinski definition) is 0. The lowest BCUT2D eigenvalue weighted by Crippen LogP contribution is -2.25. The van der Waals surface area contributed by atoms with Crippen molar-refractivity contribution in [2.45, 2.75) is 32.6 Å². The molecule has 1 aromatic rings. The number of benzene rings is 1. The first kappa shape index (κ1) is 14.2. The molecule has 0 saturated heterocycles. The van der Waals surface area contributed by atoms with Gasteiger partial charge in [-0.15, -0.1) is 0 Å². The maximum atomic E-state index is 11.4. The monoisotopic (exact) mass is 244 g/mol. The molecule has 0 saturated carbocycles. The lowest BCUT2D eigenvalue weighted by atomic mass is 9.98. The van der Waals surface area contributed by atoms with Crippen LogP contribution in [0.15, 0.2) is 24.3 Å². The summed E-state index contributed by atoms with van der Waals surface area (Å²) in [5.74, 6) is 0.510. The Balaban J connectivity index is 2.67. The fraction of sp³-hybridized carbons (Fsp3) is 0.467. The van der Waals surface area contributed by atoms with E-state index >= 15 is 0 Å². The van der Waals surface area contributed by atoms with E-state index in [1.807, 2.05) is 30.1 Å². The highest BCUT2D eigenvalue weighted by molar-refractivity contribution is 5.85. The van der Waals surface area contributed by atoms with Crippen molar-refractivity contribution in [1.82, 2.24) is 0 Å². The summed E-state index contributed by atoms with van der Waals surface area (Å²) in [4.78, 5) is 13.3. The number of Topliss-reactive ketones (excluding diaryl/α,β-unsaturated/α-hetero) is 1.